The number of anilines is 1. The van der Waals surface area contributed by atoms with E-state index in [1.165, 1.54) is 11.3 Å². The van der Waals surface area contributed by atoms with E-state index in [-0.39, 0.29) is 5.91 Å². The fourth-order valence-corrected chi connectivity index (χ4v) is 2.26. The molecular weight excluding hydrogens is 274 g/mol. The van der Waals surface area contributed by atoms with Crippen molar-refractivity contribution in [3.8, 4) is 0 Å². The average molecular weight is 291 g/mol. The summed E-state index contributed by atoms with van der Waals surface area (Å²) < 4.78 is 0. The van der Waals surface area contributed by atoms with Crippen molar-refractivity contribution in [2.24, 2.45) is 0 Å². The number of nitrogens with one attached hydrogen (secondary N) is 2. The Labute approximate surface area is 121 Å². The minimum atomic E-state index is -0.229. The Morgan fingerprint density at radius 1 is 1.35 bits per heavy atom. The molecule has 0 saturated heterocycles. The molecule has 0 atom stereocenters. The molecule has 2 heterocycles. The molecule has 2 N–H and O–H groups in total. The zero-order valence-corrected chi connectivity index (χ0v) is 12.3. The summed E-state index contributed by atoms with van der Waals surface area (Å²) in [5.41, 5.74) is 3.03. The van der Waals surface area contributed by atoms with Crippen LogP contribution in [0.2, 0.25) is 0 Å². The maximum Gasteiger partial charge on any atom is 0.272 e. The maximum atomic E-state index is 11.9. The maximum absolute atomic E-state index is 11.9. The lowest BCUT2D eigenvalue weighted by Gasteiger charge is -2.05. The summed E-state index contributed by atoms with van der Waals surface area (Å²) in [6.45, 7) is 5.30. The average Bonchev–Trinajstić information content (AvgIpc) is 2.88. The molecule has 7 heteroatoms. The van der Waals surface area contributed by atoms with E-state index in [2.05, 4.69) is 32.7 Å². The Hall–Kier alpha value is -2.02. The fraction of sp³-hybridized carbons (Fsp3) is 0.385. The molecule has 2 aromatic heterocycles. The SMILES string of the molecule is CCCNc1ccc(C(=O)NCc2scnc2C)nn1. The van der Waals surface area contributed by atoms with Gasteiger partial charge in [0.1, 0.15) is 5.82 Å². The summed E-state index contributed by atoms with van der Waals surface area (Å²) in [5.74, 6) is 0.453. The quantitative estimate of drug-likeness (QED) is 0.851. The van der Waals surface area contributed by atoms with Crippen LogP contribution in [0.15, 0.2) is 17.6 Å². The number of hydrogen-bond donors (Lipinski definition) is 2. The topological polar surface area (TPSA) is 79.8 Å². The first kappa shape index (κ1) is 14.4. The Morgan fingerprint density at radius 2 is 2.20 bits per heavy atom. The van der Waals surface area contributed by atoms with Gasteiger partial charge < -0.3 is 10.6 Å². The van der Waals surface area contributed by atoms with Gasteiger partial charge >= 0.3 is 0 Å². The summed E-state index contributed by atoms with van der Waals surface area (Å²) in [7, 11) is 0. The van der Waals surface area contributed by atoms with Crippen molar-refractivity contribution >= 4 is 23.1 Å². The van der Waals surface area contributed by atoms with Crippen LogP contribution in [0.1, 0.15) is 34.4 Å². The Morgan fingerprint density at radius 3 is 2.80 bits per heavy atom. The van der Waals surface area contributed by atoms with E-state index < -0.39 is 0 Å². The molecule has 0 aromatic carbocycles. The predicted octanol–water partition coefficient (Wildman–Crippen LogP) is 1.99. The van der Waals surface area contributed by atoms with Gasteiger partial charge in [0.05, 0.1) is 17.7 Å². The van der Waals surface area contributed by atoms with Crippen LogP contribution in [0.5, 0.6) is 0 Å². The highest BCUT2D eigenvalue weighted by Crippen LogP contribution is 2.11. The number of aromatic nitrogens is 3. The molecule has 0 fully saturated rings. The van der Waals surface area contributed by atoms with E-state index in [0.717, 1.165) is 23.5 Å². The molecule has 0 aliphatic heterocycles. The highest BCUT2D eigenvalue weighted by Gasteiger charge is 2.09. The normalized spacial score (nSPS) is 10.3. The number of hydrogen-bond acceptors (Lipinski definition) is 6. The van der Waals surface area contributed by atoms with Gasteiger partial charge in [-0.25, -0.2) is 4.98 Å². The third kappa shape index (κ3) is 3.74. The van der Waals surface area contributed by atoms with Gasteiger partial charge in [0.15, 0.2) is 5.69 Å². The first-order chi connectivity index (χ1) is 9.70. The minimum absolute atomic E-state index is 0.229. The number of carbonyl (C=O) groups is 1. The summed E-state index contributed by atoms with van der Waals surface area (Å²) in [6.07, 6.45) is 1.01. The van der Waals surface area contributed by atoms with Crippen LogP contribution in [0, 0.1) is 6.92 Å². The van der Waals surface area contributed by atoms with E-state index in [1.807, 2.05) is 6.92 Å². The van der Waals surface area contributed by atoms with Crippen molar-refractivity contribution < 1.29 is 4.79 Å². The predicted molar refractivity (Wildman–Crippen MR) is 78.8 cm³/mol. The van der Waals surface area contributed by atoms with Crippen LogP contribution in [0.3, 0.4) is 0 Å². The van der Waals surface area contributed by atoms with E-state index >= 15 is 0 Å². The van der Waals surface area contributed by atoms with Crippen LogP contribution >= 0.6 is 11.3 Å². The third-order valence-electron chi connectivity index (χ3n) is 2.71. The summed E-state index contributed by atoms with van der Waals surface area (Å²) in [5, 5.41) is 13.8. The van der Waals surface area contributed by atoms with E-state index in [0.29, 0.717) is 18.1 Å². The highest BCUT2D eigenvalue weighted by atomic mass is 32.1. The van der Waals surface area contributed by atoms with E-state index in [9.17, 15) is 4.79 Å². The van der Waals surface area contributed by atoms with Gasteiger partial charge in [0, 0.05) is 11.4 Å². The summed E-state index contributed by atoms with van der Waals surface area (Å²) in [4.78, 5) is 17.1. The second-order valence-corrected chi connectivity index (χ2v) is 5.21. The standard InChI is InChI=1S/C13H17N5OS/c1-3-6-14-12-5-4-10(17-18-12)13(19)15-7-11-9(2)16-8-20-11/h4-5,8H,3,6-7H2,1-2H3,(H,14,18)(H,15,19). The zero-order valence-electron chi connectivity index (χ0n) is 11.5. The highest BCUT2D eigenvalue weighted by molar-refractivity contribution is 7.09. The summed E-state index contributed by atoms with van der Waals surface area (Å²) in [6, 6.07) is 3.43. The van der Waals surface area contributed by atoms with Crippen LogP contribution in [0.25, 0.3) is 0 Å². The van der Waals surface area contributed by atoms with Crippen LogP contribution < -0.4 is 10.6 Å². The largest absolute Gasteiger partial charge is 0.369 e. The molecule has 20 heavy (non-hydrogen) atoms. The van der Waals surface area contributed by atoms with Gasteiger partial charge in [0.2, 0.25) is 0 Å². The molecule has 0 spiro atoms. The fourth-order valence-electron chi connectivity index (χ4n) is 1.55. The Balaban J connectivity index is 1.90. The molecule has 0 radical (unpaired) electrons. The van der Waals surface area contributed by atoms with Gasteiger partial charge in [-0.1, -0.05) is 6.92 Å². The number of carbonyl (C=O) groups excluding carboxylic acids is 1. The van der Waals surface area contributed by atoms with Crippen LogP contribution in [-0.4, -0.2) is 27.6 Å². The monoisotopic (exact) mass is 291 g/mol. The number of aryl methyl sites for hydroxylation is 1. The van der Waals surface area contributed by atoms with E-state index in [4.69, 9.17) is 0 Å². The third-order valence-corrected chi connectivity index (χ3v) is 3.64. The molecule has 1 amide bonds. The van der Waals surface area contributed by atoms with Gasteiger partial charge in [-0.2, -0.15) is 0 Å². The number of nitrogens with zero attached hydrogens (tertiary/aromatic N) is 3. The lowest BCUT2D eigenvalue weighted by Crippen LogP contribution is -2.24. The second kappa shape index (κ2) is 6.95. The van der Waals surface area contributed by atoms with Gasteiger partial charge in [-0.15, -0.1) is 21.5 Å². The molecule has 0 aliphatic carbocycles. The van der Waals surface area contributed by atoms with Crippen molar-refractivity contribution in [2.75, 3.05) is 11.9 Å². The second-order valence-electron chi connectivity index (χ2n) is 4.27. The van der Waals surface area contributed by atoms with Gasteiger partial charge in [-0.3, -0.25) is 4.79 Å². The van der Waals surface area contributed by atoms with Gasteiger partial charge in [-0.05, 0) is 25.5 Å². The molecule has 0 bridgehead atoms. The summed E-state index contributed by atoms with van der Waals surface area (Å²) >= 11 is 1.53. The molecular formula is C13H17N5OS. The number of thiazole rings is 1. The van der Waals surface area contributed by atoms with E-state index in [1.54, 1.807) is 17.6 Å². The number of rotatable bonds is 6. The van der Waals surface area contributed by atoms with Crippen LogP contribution in [-0.2, 0) is 6.54 Å². The Kier molecular flexibility index (Phi) is 5.00. The lowest BCUT2D eigenvalue weighted by atomic mass is 10.3. The minimum Gasteiger partial charge on any atom is -0.369 e. The van der Waals surface area contributed by atoms with Crippen molar-refractivity contribution in [3.63, 3.8) is 0 Å². The molecule has 2 aromatic rings. The van der Waals surface area contributed by atoms with Crippen LogP contribution in [0.4, 0.5) is 5.82 Å². The molecule has 0 aliphatic rings. The zero-order chi connectivity index (χ0) is 14.4. The lowest BCUT2D eigenvalue weighted by molar-refractivity contribution is 0.0945. The molecule has 0 unspecified atom stereocenters. The molecule has 0 saturated carbocycles. The first-order valence-corrected chi connectivity index (χ1v) is 7.33. The smallest absolute Gasteiger partial charge is 0.272 e. The van der Waals surface area contributed by atoms with Crippen molar-refractivity contribution in [2.45, 2.75) is 26.8 Å². The van der Waals surface area contributed by atoms with Crippen molar-refractivity contribution in [1.29, 1.82) is 0 Å². The van der Waals surface area contributed by atoms with Gasteiger partial charge in [0.25, 0.3) is 5.91 Å². The number of amides is 1. The first-order valence-electron chi connectivity index (χ1n) is 6.45. The van der Waals surface area contributed by atoms with Crippen molar-refractivity contribution in [1.82, 2.24) is 20.5 Å². The molecule has 106 valence electrons. The Bertz CT molecular complexity index is 566. The molecule has 2 rings (SSSR count). The van der Waals surface area contributed by atoms with Crippen molar-refractivity contribution in [3.05, 3.63) is 33.9 Å². The molecule has 6 nitrogen and oxygen atoms in total.